The van der Waals surface area contributed by atoms with Crippen LogP contribution in [0.3, 0.4) is 0 Å². The SMILES string of the molecule is N#Cc1c(F)cccc1Nc1cc(-c2cccnc2)nc(NC2CCCC2)n1. The molecule has 3 aromatic rings. The highest BCUT2D eigenvalue weighted by atomic mass is 19.1. The largest absolute Gasteiger partial charge is 0.351 e. The van der Waals surface area contributed by atoms with Crippen molar-refractivity contribution in [3.05, 3.63) is 60.2 Å². The second kappa shape index (κ2) is 8.01. The topological polar surface area (TPSA) is 86.5 Å². The van der Waals surface area contributed by atoms with Gasteiger partial charge in [-0.05, 0) is 37.1 Å². The number of nitriles is 1. The number of anilines is 3. The van der Waals surface area contributed by atoms with Gasteiger partial charge in [0.2, 0.25) is 5.95 Å². The Balaban J connectivity index is 1.71. The van der Waals surface area contributed by atoms with Crippen molar-refractivity contribution in [1.82, 2.24) is 15.0 Å². The molecule has 1 fully saturated rings. The lowest BCUT2D eigenvalue weighted by Crippen LogP contribution is -2.17. The van der Waals surface area contributed by atoms with E-state index in [4.69, 9.17) is 0 Å². The molecule has 28 heavy (non-hydrogen) atoms. The van der Waals surface area contributed by atoms with E-state index in [1.165, 1.54) is 18.9 Å². The lowest BCUT2D eigenvalue weighted by atomic mass is 10.1. The standard InChI is InChI=1S/C21H19FN6/c22-17-8-3-9-18(16(17)12-23)26-20-11-19(14-5-4-10-24-13-14)27-21(28-20)25-15-6-1-2-7-15/h3-5,8-11,13,15H,1-2,6-7H2,(H2,25,26,27,28). The molecule has 0 radical (unpaired) electrons. The number of nitrogens with zero attached hydrogens (tertiary/aromatic N) is 4. The molecule has 0 amide bonds. The quantitative estimate of drug-likeness (QED) is 0.676. The van der Waals surface area contributed by atoms with Crippen molar-refractivity contribution in [3.63, 3.8) is 0 Å². The summed E-state index contributed by atoms with van der Waals surface area (Å²) in [4.78, 5) is 13.3. The summed E-state index contributed by atoms with van der Waals surface area (Å²) < 4.78 is 13.9. The monoisotopic (exact) mass is 374 g/mol. The zero-order valence-electron chi connectivity index (χ0n) is 15.2. The maximum Gasteiger partial charge on any atom is 0.225 e. The third kappa shape index (κ3) is 3.91. The fraction of sp³-hybridized carbons (Fsp3) is 0.238. The fourth-order valence-corrected chi connectivity index (χ4v) is 3.37. The second-order valence-electron chi connectivity index (χ2n) is 6.73. The summed E-state index contributed by atoms with van der Waals surface area (Å²) in [6.45, 7) is 0. The third-order valence-electron chi connectivity index (χ3n) is 4.76. The Bertz CT molecular complexity index is 1010. The van der Waals surface area contributed by atoms with Crippen molar-refractivity contribution in [2.75, 3.05) is 10.6 Å². The van der Waals surface area contributed by atoms with E-state index in [-0.39, 0.29) is 5.56 Å². The van der Waals surface area contributed by atoms with E-state index >= 15 is 0 Å². The molecule has 1 aliphatic carbocycles. The molecule has 1 aliphatic rings. The van der Waals surface area contributed by atoms with Crippen molar-refractivity contribution < 1.29 is 4.39 Å². The zero-order chi connectivity index (χ0) is 19.3. The molecule has 0 aliphatic heterocycles. The van der Waals surface area contributed by atoms with Crippen molar-refractivity contribution >= 4 is 17.5 Å². The highest BCUT2D eigenvalue weighted by Crippen LogP contribution is 2.27. The summed E-state index contributed by atoms with van der Waals surface area (Å²) in [7, 11) is 0. The molecule has 140 valence electrons. The molecule has 0 unspecified atom stereocenters. The number of hydrogen-bond acceptors (Lipinski definition) is 6. The van der Waals surface area contributed by atoms with E-state index in [9.17, 15) is 9.65 Å². The number of pyridine rings is 1. The molecule has 6 nitrogen and oxygen atoms in total. The zero-order valence-corrected chi connectivity index (χ0v) is 15.2. The molecule has 0 atom stereocenters. The molecule has 1 aromatic carbocycles. The maximum atomic E-state index is 13.9. The van der Waals surface area contributed by atoms with Gasteiger partial charge in [-0.25, -0.2) is 9.37 Å². The van der Waals surface area contributed by atoms with Gasteiger partial charge in [-0.1, -0.05) is 18.9 Å². The first-order valence-corrected chi connectivity index (χ1v) is 9.24. The fourth-order valence-electron chi connectivity index (χ4n) is 3.37. The molecule has 0 saturated heterocycles. The summed E-state index contributed by atoms with van der Waals surface area (Å²) in [6.07, 6.45) is 8.00. The minimum Gasteiger partial charge on any atom is -0.351 e. The molecule has 0 bridgehead atoms. The Morgan fingerprint density at radius 3 is 2.71 bits per heavy atom. The Morgan fingerprint density at radius 1 is 1.11 bits per heavy atom. The number of aromatic nitrogens is 3. The molecule has 0 spiro atoms. The smallest absolute Gasteiger partial charge is 0.225 e. The number of rotatable bonds is 5. The summed E-state index contributed by atoms with van der Waals surface area (Å²) in [6, 6.07) is 12.2. The van der Waals surface area contributed by atoms with Gasteiger partial charge in [0.1, 0.15) is 23.3 Å². The molecule has 7 heteroatoms. The maximum absolute atomic E-state index is 13.9. The Kier molecular flexibility index (Phi) is 5.11. The molecule has 2 aromatic heterocycles. The molecule has 1 saturated carbocycles. The highest BCUT2D eigenvalue weighted by Gasteiger charge is 2.17. The van der Waals surface area contributed by atoms with Gasteiger partial charge in [0, 0.05) is 30.1 Å². The minimum absolute atomic E-state index is 0.0469. The Hall–Kier alpha value is -3.53. The van der Waals surface area contributed by atoms with Crippen LogP contribution in [-0.2, 0) is 0 Å². The second-order valence-corrected chi connectivity index (χ2v) is 6.73. The highest BCUT2D eigenvalue weighted by molar-refractivity contribution is 5.69. The summed E-state index contributed by atoms with van der Waals surface area (Å²) in [5.41, 5.74) is 1.86. The van der Waals surface area contributed by atoms with Crippen LogP contribution in [0.5, 0.6) is 0 Å². The minimum atomic E-state index is -0.571. The van der Waals surface area contributed by atoms with Crippen LogP contribution in [-0.4, -0.2) is 21.0 Å². The average Bonchev–Trinajstić information content (AvgIpc) is 3.22. The first-order valence-electron chi connectivity index (χ1n) is 9.24. The molecule has 2 heterocycles. The van der Waals surface area contributed by atoms with Crippen molar-refractivity contribution in [1.29, 1.82) is 5.26 Å². The first-order chi connectivity index (χ1) is 13.7. The van der Waals surface area contributed by atoms with Gasteiger partial charge in [-0.15, -0.1) is 0 Å². The average molecular weight is 374 g/mol. The van der Waals surface area contributed by atoms with Crippen molar-refractivity contribution in [2.24, 2.45) is 0 Å². The van der Waals surface area contributed by atoms with E-state index in [0.717, 1.165) is 18.4 Å². The summed E-state index contributed by atoms with van der Waals surface area (Å²) in [5, 5.41) is 15.7. The van der Waals surface area contributed by atoms with Gasteiger partial charge in [-0.2, -0.15) is 10.2 Å². The van der Waals surface area contributed by atoms with E-state index in [1.807, 2.05) is 18.2 Å². The van der Waals surface area contributed by atoms with Crippen LogP contribution < -0.4 is 10.6 Å². The van der Waals surface area contributed by atoms with Gasteiger partial charge >= 0.3 is 0 Å². The molecule has 2 N–H and O–H groups in total. The normalized spacial score (nSPS) is 13.9. The van der Waals surface area contributed by atoms with Crippen LogP contribution in [0.2, 0.25) is 0 Å². The van der Waals surface area contributed by atoms with Crippen LogP contribution in [0.4, 0.5) is 21.8 Å². The van der Waals surface area contributed by atoms with Gasteiger partial charge in [0.05, 0.1) is 11.4 Å². The molecular formula is C21H19FN6. The van der Waals surface area contributed by atoms with Crippen LogP contribution in [0.25, 0.3) is 11.3 Å². The predicted molar refractivity (Wildman–Crippen MR) is 106 cm³/mol. The Morgan fingerprint density at radius 2 is 1.96 bits per heavy atom. The summed E-state index contributed by atoms with van der Waals surface area (Å²) in [5.74, 6) is 0.417. The van der Waals surface area contributed by atoms with Crippen molar-refractivity contribution in [2.45, 2.75) is 31.7 Å². The van der Waals surface area contributed by atoms with Crippen molar-refractivity contribution in [3.8, 4) is 17.3 Å². The van der Waals surface area contributed by atoms with Gasteiger partial charge in [0.15, 0.2) is 0 Å². The van der Waals surface area contributed by atoms with E-state index in [2.05, 4.69) is 25.6 Å². The van der Waals surface area contributed by atoms with Crippen LogP contribution in [0.15, 0.2) is 48.8 Å². The first kappa shape index (κ1) is 17.9. The van der Waals surface area contributed by atoms with Crippen LogP contribution in [0, 0.1) is 17.1 Å². The van der Waals surface area contributed by atoms with Crippen LogP contribution in [0.1, 0.15) is 31.2 Å². The molecular weight excluding hydrogens is 355 g/mol. The lowest BCUT2D eigenvalue weighted by molar-refractivity contribution is 0.624. The summed E-state index contributed by atoms with van der Waals surface area (Å²) >= 11 is 0. The Labute approximate surface area is 162 Å². The van der Waals surface area contributed by atoms with E-state index in [1.54, 1.807) is 30.6 Å². The van der Waals surface area contributed by atoms with Gasteiger partial charge < -0.3 is 10.6 Å². The van der Waals surface area contributed by atoms with E-state index < -0.39 is 5.82 Å². The predicted octanol–water partition coefficient (Wildman–Crippen LogP) is 4.65. The number of nitrogens with one attached hydrogen (secondary N) is 2. The molecule has 4 rings (SSSR count). The van der Waals surface area contributed by atoms with Gasteiger partial charge in [0.25, 0.3) is 0 Å². The number of hydrogen-bond donors (Lipinski definition) is 2. The number of benzene rings is 1. The third-order valence-corrected chi connectivity index (χ3v) is 4.76. The van der Waals surface area contributed by atoms with Crippen LogP contribution >= 0.6 is 0 Å². The number of halogens is 1. The van der Waals surface area contributed by atoms with Gasteiger partial charge in [-0.3, -0.25) is 4.98 Å². The van der Waals surface area contributed by atoms with E-state index in [0.29, 0.717) is 29.2 Å². The lowest BCUT2D eigenvalue weighted by Gasteiger charge is -2.15.